The van der Waals surface area contributed by atoms with E-state index in [0.29, 0.717) is 12.3 Å². The third kappa shape index (κ3) is 6.32. The molecule has 1 unspecified atom stereocenters. The van der Waals surface area contributed by atoms with Crippen LogP contribution in [-0.2, 0) is 6.54 Å². The number of ether oxygens (including phenoxy) is 1. The maximum Gasteiger partial charge on any atom is 0.395 e. The van der Waals surface area contributed by atoms with Gasteiger partial charge >= 0.3 is 6.18 Å². The highest BCUT2D eigenvalue weighted by atomic mass is 32.1. The molecule has 0 aliphatic heterocycles. The Kier molecular flexibility index (Phi) is 7.29. The number of nitrogens with one attached hydrogen (secondary N) is 2. The van der Waals surface area contributed by atoms with Crippen molar-refractivity contribution in [1.82, 2.24) is 10.6 Å². The molecule has 146 valence electrons. The number of thiocarbonyl (C=S) groups is 1. The lowest BCUT2D eigenvalue weighted by Crippen LogP contribution is -2.36. The highest BCUT2D eigenvalue weighted by Crippen LogP contribution is 2.36. The molecule has 8 heteroatoms. The lowest BCUT2D eigenvalue weighted by molar-refractivity contribution is -0.151. The van der Waals surface area contributed by atoms with E-state index in [-0.39, 0.29) is 29.4 Å². The van der Waals surface area contributed by atoms with Crippen LogP contribution in [0.1, 0.15) is 23.5 Å². The normalized spacial score (nSPS) is 12.3. The zero-order chi connectivity index (χ0) is 19.9. The Morgan fingerprint density at radius 3 is 2.48 bits per heavy atom. The van der Waals surface area contributed by atoms with Crippen LogP contribution in [0.5, 0.6) is 11.5 Å². The number of benzene rings is 2. The van der Waals surface area contributed by atoms with Crippen molar-refractivity contribution in [3.8, 4) is 11.5 Å². The van der Waals surface area contributed by atoms with Crippen molar-refractivity contribution in [2.75, 3.05) is 13.7 Å². The van der Waals surface area contributed by atoms with Crippen LogP contribution in [-0.4, -0.2) is 30.0 Å². The summed E-state index contributed by atoms with van der Waals surface area (Å²) in [5.74, 6) is -1.18. The SMILES string of the molecule is COc1cc(CNC(=S)NCCC(c2ccccc2)C(F)(F)F)ccc1O. The Hall–Kier alpha value is -2.48. The number of halogens is 3. The number of phenolic OH excluding ortho intramolecular Hbond substituents is 1. The molecule has 0 spiro atoms. The molecule has 0 heterocycles. The summed E-state index contributed by atoms with van der Waals surface area (Å²) < 4.78 is 44.9. The van der Waals surface area contributed by atoms with Crippen LogP contribution >= 0.6 is 12.2 Å². The Balaban J connectivity index is 1.84. The van der Waals surface area contributed by atoms with Gasteiger partial charge in [-0.1, -0.05) is 36.4 Å². The van der Waals surface area contributed by atoms with Gasteiger partial charge in [0.25, 0.3) is 0 Å². The van der Waals surface area contributed by atoms with Crippen LogP contribution < -0.4 is 15.4 Å². The quantitative estimate of drug-likeness (QED) is 0.613. The highest BCUT2D eigenvalue weighted by molar-refractivity contribution is 7.80. The van der Waals surface area contributed by atoms with Crippen LogP contribution in [0.3, 0.4) is 0 Å². The first-order valence-corrected chi connectivity index (χ1v) is 8.71. The van der Waals surface area contributed by atoms with E-state index in [1.54, 1.807) is 30.3 Å². The fourth-order valence-electron chi connectivity index (χ4n) is 2.61. The van der Waals surface area contributed by atoms with E-state index in [4.69, 9.17) is 17.0 Å². The molecule has 27 heavy (non-hydrogen) atoms. The number of rotatable bonds is 7. The molecule has 0 radical (unpaired) electrons. The molecule has 0 aliphatic rings. The van der Waals surface area contributed by atoms with Crippen molar-refractivity contribution in [1.29, 1.82) is 0 Å². The summed E-state index contributed by atoms with van der Waals surface area (Å²) in [6, 6.07) is 12.7. The van der Waals surface area contributed by atoms with Crippen LogP contribution in [0.15, 0.2) is 48.5 Å². The van der Waals surface area contributed by atoms with Crippen molar-refractivity contribution in [3.05, 3.63) is 59.7 Å². The van der Waals surface area contributed by atoms with Gasteiger partial charge in [0.1, 0.15) is 0 Å². The lowest BCUT2D eigenvalue weighted by atomic mass is 9.95. The Labute approximate surface area is 161 Å². The molecule has 1 atom stereocenters. The molecule has 0 amide bonds. The number of hydrogen-bond donors (Lipinski definition) is 3. The third-order valence-electron chi connectivity index (χ3n) is 4.01. The maximum atomic E-state index is 13.3. The number of alkyl halides is 3. The molecular formula is C19H21F3N2O2S. The summed E-state index contributed by atoms with van der Waals surface area (Å²) >= 11 is 5.12. The van der Waals surface area contributed by atoms with Gasteiger partial charge in [-0.3, -0.25) is 0 Å². The predicted octanol–water partition coefficient (Wildman–Crippen LogP) is 4.10. The molecule has 0 bridgehead atoms. The number of hydrogen-bond acceptors (Lipinski definition) is 3. The van der Waals surface area contributed by atoms with Gasteiger partial charge in [-0.15, -0.1) is 0 Å². The van der Waals surface area contributed by atoms with Crippen LogP contribution in [0.4, 0.5) is 13.2 Å². The number of phenols is 1. The van der Waals surface area contributed by atoms with Gasteiger partial charge in [0.15, 0.2) is 16.6 Å². The molecule has 3 N–H and O–H groups in total. The van der Waals surface area contributed by atoms with Gasteiger partial charge in [-0.2, -0.15) is 13.2 Å². The average Bonchev–Trinajstić information content (AvgIpc) is 2.64. The van der Waals surface area contributed by atoms with Crippen molar-refractivity contribution >= 4 is 17.3 Å². The van der Waals surface area contributed by atoms with Crippen molar-refractivity contribution in [2.24, 2.45) is 0 Å². The molecule has 2 aromatic rings. The zero-order valence-electron chi connectivity index (χ0n) is 14.7. The van der Waals surface area contributed by atoms with E-state index < -0.39 is 12.1 Å². The van der Waals surface area contributed by atoms with E-state index in [9.17, 15) is 18.3 Å². The molecule has 2 rings (SSSR count). The maximum absolute atomic E-state index is 13.3. The Bertz CT molecular complexity index is 754. The van der Waals surface area contributed by atoms with Crippen LogP contribution in [0.2, 0.25) is 0 Å². The molecule has 0 aliphatic carbocycles. The van der Waals surface area contributed by atoms with Gasteiger partial charge in [0.05, 0.1) is 13.0 Å². The summed E-state index contributed by atoms with van der Waals surface area (Å²) in [6.07, 6.45) is -4.44. The second kappa shape index (κ2) is 9.45. The minimum absolute atomic E-state index is 0.0288. The van der Waals surface area contributed by atoms with Gasteiger partial charge in [0.2, 0.25) is 0 Å². The summed E-state index contributed by atoms with van der Waals surface area (Å²) in [5.41, 5.74) is 1.05. The van der Waals surface area contributed by atoms with E-state index in [2.05, 4.69) is 10.6 Å². The van der Waals surface area contributed by atoms with Crippen LogP contribution in [0.25, 0.3) is 0 Å². The van der Waals surface area contributed by atoms with Crippen LogP contribution in [0, 0.1) is 0 Å². The highest BCUT2D eigenvalue weighted by Gasteiger charge is 2.40. The Morgan fingerprint density at radius 1 is 1.15 bits per heavy atom. The molecule has 0 fully saturated rings. The molecule has 4 nitrogen and oxygen atoms in total. The third-order valence-corrected chi connectivity index (χ3v) is 4.30. The number of aromatic hydroxyl groups is 1. The molecule has 2 aromatic carbocycles. The minimum Gasteiger partial charge on any atom is -0.504 e. The summed E-state index contributed by atoms with van der Waals surface area (Å²) in [7, 11) is 1.45. The van der Waals surface area contributed by atoms with E-state index in [1.165, 1.54) is 25.3 Å². The molecule has 0 aromatic heterocycles. The van der Waals surface area contributed by atoms with Gasteiger partial charge < -0.3 is 20.5 Å². The first-order valence-electron chi connectivity index (χ1n) is 8.30. The fourth-order valence-corrected chi connectivity index (χ4v) is 2.79. The van der Waals surface area contributed by atoms with E-state index >= 15 is 0 Å². The largest absolute Gasteiger partial charge is 0.504 e. The van der Waals surface area contributed by atoms with Crippen molar-refractivity contribution in [2.45, 2.75) is 25.1 Å². The monoisotopic (exact) mass is 398 g/mol. The molecular weight excluding hydrogens is 377 g/mol. The lowest BCUT2D eigenvalue weighted by Gasteiger charge is -2.21. The first-order chi connectivity index (χ1) is 12.8. The fraction of sp³-hybridized carbons (Fsp3) is 0.316. The summed E-state index contributed by atoms with van der Waals surface area (Å²) in [4.78, 5) is 0. The zero-order valence-corrected chi connectivity index (χ0v) is 15.5. The van der Waals surface area contributed by atoms with E-state index in [1.807, 2.05) is 0 Å². The van der Waals surface area contributed by atoms with Gasteiger partial charge in [0, 0.05) is 13.1 Å². The predicted molar refractivity (Wildman–Crippen MR) is 102 cm³/mol. The number of methoxy groups -OCH3 is 1. The minimum atomic E-state index is -4.32. The van der Waals surface area contributed by atoms with Crippen molar-refractivity contribution in [3.63, 3.8) is 0 Å². The van der Waals surface area contributed by atoms with Gasteiger partial charge in [-0.25, -0.2) is 0 Å². The second-order valence-electron chi connectivity index (χ2n) is 5.91. The standard InChI is InChI=1S/C19H21F3N2O2S/c1-26-17-11-13(7-8-16(17)25)12-24-18(27)23-10-9-15(19(20,21)22)14-5-3-2-4-6-14/h2-8,11,15,25H,9-10,12H2,1H3,(H2,23,24,27). The smallest absolute Gasteiger partial charge is 0.395 e. The molecule has 0 saturated carbocycles. The Morgan fingerprint density at radius 2 is 1.85 bits per heavy atom. The topological polar surface area (TPSA) is 53.5 Å². The average molecular weight is 398 g/mol. The van der Waals surface area contributed by atoms with E-state index in [0.717, 1.165) is 5.56 Å². The summed E-state index contributed by atoms with van der Waals surface area (Å²) in [6.45, 7) is 0.438. The van der Waals surface area contributed by atoms with Crippen molar-refractivity contribution < 1.29 is 23.0 Å². The van der Waals surface area contributed by atoms with Gasteiger partial charge in [-0.05, 0) is 41.9 Å². The molecule has 0 saturated heterocycles. The first kappa shape index (κ1) is 20.8. The second-order valence-corrected chi connectivity index (χ2v) is 6.32. The summed E-state index contributed by atoms with van der Waals surface area (Å²) in [5, 5.41) is 15.6.